The predicted molar refractivity (Wildman–Crippen MR) is 115 cm³/mol. The highest BCUT2D eigenvalue weighted by Gasteiger charge is 2.13. The summed E-state index contributed by atoms with van der Waals surface area (Å²) in [5.41, 5.74) is 2.07. The number of hydrogen-bond acceptors (Lipinski definition) is 6. The van der Waals surface area contributed by atoms with Gasteiger partial charge in [-0.15, -0.1) is 0 Å². The Labute approximate surface area is 171 Å². The third-order valence-corrected chi connectivity index (χ3v) is 5.12. The average Bonchev–Trinajstić information content (AvgIpc) is 3.12. The van der Waals surface area contributed by atoms with E-state index < -0.39 is 0 Å². The van der Waals surface area contributed by atoms with Crippen LogP contribution in [0.3, 0.4) is 0 Å². The number of morpholine rings is 1. The molecule has 1 aromatic carbocycles. The average molecular weight is 396 g/mol. The molecule has 0 bridgehead atoms. The lowest BCUT2D eigenvalue weighted by atomic mass is 10.0. The first-order valence-electron chi connectivity index (χ1n) is 10.2. The smallest absolute Gasteiger partial charge is 0.153 e. The Morgan fingerprint density at radius 3 is 2.72 bits per heavy atom. The summed E-state index contributed by atoms with van der Waals surface area (Å²) in [5.74, 6) is 2.75. The molecular formula is C22H29N5O2. The number of aryl methyl sites for hydroxylation is 1. The van der Waals surface area contributed by atoms with E-state index in [-0.39, 0.29) is 0 Å². The number of anilines is 2. The van der Waals surface area contributed by atoms with Crippen molar-refractivity contribution in [1.29, 1.82) is 0 Å². The fourth-order valence-corrected chi connectivity index (χ4v) is 3.59. The number of benzene rings is 1. The van der Waals surface area contributed by atoms with Crippen LogP contribution in [0.4, 0.5) is 11.6 Å². The van der Waals surface area contributed by atoms with Gasteiger partial charge in [0, 0.05) is 36.8 Å². The van der Waals surface area contributed by atoms with E-state index in [4.69, 9.17) is 14.5 Å². The van der Waals surface area contributed by atoms with Crippen LogP contribution in [0.2, 0.25) is 0 Å². The van der Waals surface area contributed by atoms with Gasteiger partial charge in [0.25, 0.3) is 0 Å². The fourth-order valence-electron chi connectivity index (χ4n) is 3.59. The van der Waals surface area contributed by atoms with Crippen molar-refractivity contribution in [3.63, 3.8) is 0 Å². The van der Waals surface area contributed by atoms with Gasteiger partial charge < -0.3 is 14.8 Å². The number of rotatable bonds is 7. The van der Waals surface area contributed by atoms with E-state index in [2.05, 4.69) is 52.5 Å². The van der Waals surface area contributed by atoms with Gasteiger partial charge in [-0.05, 0) is 42.5 Å². The summed E-state index contributed by atoms with van der Waals surface area (Å²) in [4.78, 5) is 7.21. The van der Waals surface area contributed by atoms with Crippen LogP contribution < -0.4 is 10.1 Å². The molecule has 1 aliphatic heterocycles. The van der Waals surface area contributed by atoms with E-state index in [0.29, 0.717) is 12.5 Å². The summed E-state index contributed by atoms with van der Waals surface area (Å²) in [6, 6.07) is 10.3. The molecule has 2 aromatic heterocycles. The maximum Gasteiger partial charge on any atom is 0.153 e. The van der Waals surface area contributed by atoms with Crippen LogP contribution in [0.25, 0.3) is 10.8 Å². The zero-order valence-electron chi connectivity index (χ0n) is 17.4. The maximum atomic E-state index is 6.04. The van der Waals surface area contributed by atoms with Crippen molar-refractivity contribution in [2.45, 2.75) is 26.7 Å². The number of ether oxygens (including phenoxy) is 2. The Balaban J connectivity index is 1.53. The first-order chi connectivity index (χ1) is 14.1. The van der Waals surface area contributed by atoms with Gasteiger partial charge in [-0.3, -0.25) is 10.00 Å². The van der Waals surface area contributed by atoms with Crippen LogP contribution in [0.1, 0.15) is 31.2 Å². The third kappa shape index (κ3) is 4.86. The van der Waals surface area contributed by atoms with Gasteiger partial charge in [0.15, 0.2) is 5.82 Å². The minimum absolute atomic E-state index is 0.313. The molecule has 1 fully saturated rings. The van der Waals surface area contributed by atoms with Crippen molar-refractivity contribution in [2.24, 2.45) is 0 Å². The van der Waals surface area contributed by atoms with Gasteiger partial charge in [-0.1, -0.05) is 13.8 Å². The summed E-state index contributed by atoms with van der Waals surface area (Å²) in [6.45, 7) is 11.5. The molecule has 0 amide bonds. The van der Waals surface area contributed by atoms with Crippen molar-refractivity contribution in [3.8, 4) is 5.75 Å². The molecule has 3 heterocycles. The second-order valence-electron chi connectivity index (χ2n) is 7.79. The number of nitrogens with one attached hydrogen (secondary N) is 2. The number of aromatic nitrogens is 3. The summed E-state index contributed by atoms with van der Waals surface area (Å²) >= 11 is 0. The minimum Gasteiger partial charge on any atom is -0.492 e. The Bertz CT molecular complexity index is 963. The zero-order chi connectivity index (χ0) is 20.2. The van der Waals surface area contributed by atoms with Crippen molar-refractivity contribution < 1.29 is 9.47 Å². The lowest BCUT2D eigenvalue weighted by Crippen LogP contribution is -2.38. The van der Waals surface area contributed by atoms with E-state index in [0.717, 1.165) is 72.4 Å². The van der Waals surface area contributed by atoms with Gasteiger partial charge in [0.1, 0.15) is 18.2 Å². The summed E-state index contributed by atoms with van der Waals surface area (Å²) < 4.78 is 11.4. The Hall–Kier alpha value is -2.64. The van der Waals surface area contributed by atoms with E-state index in [1.54, 1.807) is 0 Å². The first-order valence-corrected chi connectivity index (χ1v) is 10.2. The van der Waals surface area contributed by atoms with Gasteiger partial charge >= 0.3 is 0 Å². The topological polar surface area (TPSA) is 75.3 Å². The van der Waals surface area contributed by atoms with Crippen LogP contribution in [0.5, 0.6) is 5.75 Å². The van der Waals surface area contributed by atoms with E-state index >= 15 is 0 Å². The van der Waals surface area contributed by atoms with Crippen molar-refractivity contribution in [2.75, 3.05) is 44.8 Å². The molecule has 1 saturated heterocycles. The quantitative estimate of drug-likeness (QED) is 0.633. The van der Waals surface area contributed by atoms with Gasteiger partial charge in [-0.2, -0.15) is 5.10 Å². The van der Waals surface area contributed by atoms with Crippen molar-refractivity contribution in [1.82, 2.24) is 20.1 Å². The number of aromatic amines is 1. The number of hydrogen-bond donors (Lipinski definition) is 2. The molecule has 2 N–H and O–H groups in total. The largest absolute Gasteiger partial charge is 0.492 e. The molecule has 0 aliphatic carbocycles. The van der Waals surface area contributed by atoms with Crippen LogP contribution in [0, 0.1) is 6.92 Å². The highest BCUT2D eigenvalue weighted by Crippen LogP contribution is 2.30. The molecule has 0 atom stereocenters. The third-order valence-electron chi connectivity index (χ3n) is 5.12. The van der Waals surface area contributed by atoms with E-state index in [1.165, 1.54) is 0 Å². The molecule has 0 saturated carbocycles. The SMILES string of the molecule is Cc1cc(Nc2cc3cc(OCCN4CCOCC4)ccc3c(C(C)C)n2)n[nH]1. The Kier molecular flexibility index (Phi) is 5.97. The standard InChI is InChI=1S/C22H29N5O2/c1-15(2)22-19-5-4-18(29-11-8-27-6-9-28-10-7-27)13-17(19)14-20(24-22)23-21-12-16(3)25-26-21/h4-5,12-15H,6-11H2,1-3H3,(H2,23,24,25,26). The number of nitrogens with zero attached hydrogens (tertiary/aromatic N) is 3. The van der Waals surface area contributed by atoms with Crippen LogP contribution in [-0.4, -0.2) is 59.5 Å². The zero-order valence-corrected chi connectivity index (χ0v) is 17.4. The van der Waals surface area contributed by atoms with Crippen LogP contribution >= 0.6 is 0 Å². The molecule has 0 spiro atoms. The minimum atomic E-state index is 0.313. The predicted octanol–water partition coefficient (Wildman–Crippen LogP) is 3.84. The van der Waals surface area contributed by atoms with E-state index in [9.17, 15) is 0 Å². The van der Waals surface area contributed by atoms with Crippen LogP contribution in [-0.2, 0) is 4.74 Å². The molecule has 29 heavy (non-hydrogen) atoms. The number of pyridine rings is 1. The number of H-pyrrole nitrogens is 1. The molecule has 7 nitrogen and oxygen atoms in total. The Morgan fingerprint density at radius 1 is 1.17 bits per heavy atom. The lowest BCUT2D eigenvalue weighted by Gasteiger charge is -2.26. The fraction of sp³-hybridized carbons (Fsp3) is 0.455. The molecule has 154 valence electrons. The second-order valence-corrected chi connectivity index (χ2v) is 7.79. The first kappa shape index (κ1) is 19.7. The molecular weight excluding hydrogens is 366 g/mol. The van der Waals surface area contributed by atoms with Crippen LogP contribution in [0.15, 0.2) is 30.3 Å². The molecule has 3 aromatic rings. The van der Waals surface area contributed by atoms with Gasteiger partial charge in [0.05, 0.1) is 18.9 Å². The summed E-state index contributed by atoms with van der Waals surface area (Å²) in [6.07, 6.45) is 0. The normalized spacial score (nSPS) is 15.2. The van der Waals surface area contributed by atoms with Gasteiger partial charge in [-0.25, -0.2) is 4.98 Å². The summed E-state index contributed by atoms with van der Waals surface area (Å²) in [7, 11) is 0. The van der Waals surface area contributed by atoms with E-state index in [1.807, 2.05) is 19.1 Å². The maximum absolute atomic E-state index is 6.04. The second kappa shape index (κ2) is 8.80. The van der Waals surface area contributed by atoms with Crippen molar-refractivity contribution in [3.05, 3.63) is 41.7 Å². The van der Waals surface area contributed by atoms with Gasteiger partial charge in [0.2, 0.25) is 0 Å². The summed E-state index contributed by atoms with van der Waals surface area (Å²) in [5, 5.41) is 12.8. The molecule has 7 heteroatoms. The molecule has 0 radical (unpaired) electrons. The monoisotopic (exact) mass is 395 g/mol. The highest BCUT2D eigenvalue weighted by molar-refractivity contribution is 5.88. The molecule has 0 unspecified atom stereocenters. The molecule has 1 aliphatic rings. The number of fused-ring (bicyclic) bond motifs is 1. The Morgan fingerprint density at radius 2 is 2.00 bits per heavy atom. The lowest BCUT2D eigenvalue weighted by molar-refractivity contribution is 0.0322. The molecule has 4 rings (SSSR count). The van der Waals surface area contributed by atoms with Crippen molar-refractivity contribution >= 4 is 22.4 Å². The highest BCUT2D eigenvalue weighted by atomic mass is 16.5.